The molecule has 0 aromatic carbocycles. The Morgan fingerprint density at radius 3 is 3.11 bits per heavy atom. The number of rotatable bonds is 5. The molecular weight excluding hydrogens is 258 g/mol. The van der Waals surface area contributed by atoms with E-state index in [1.54, 1.807) is 11.3 Å². The molecule has 0 saturated carbocycles. The van der Waals surface area contributed by atoms with Crippen molar-refractivity contribution in [3.63, 3.8) is 0 Å². The van der Waals surface area contributed by atoms with E-state index < -0.39 is 0 Å². The molecule has 0 unspecified atom stereocenters. The van der Waals surface area contributed by atoms with Gasteiger partial charge in [0, 0.05) is 36.8 Å². The Labute approximate surface area is 115 Å². The van der Waals surface area contributed by atoms with Gasteiger partial charge in [0.2, 0.25) is 0 Å². The summed E-state index contributed by atoms with van der Waals surface area (Å²) in [6.45, 7) is 3.70. The summed E-state index contributed by atoms with van der Waals surface area (Å²) in [7, 11) is 0. The van der Waals surface area contributed by atoms with Gasteiger partial charge in [-0.1, -0.05) is 6.07 Å². The molecule has 6 heteroatoms. The largest absolute Gasteiger partial charge is 0.310 e. The molecule has 3 rings (SSSR count). The van der Waals surface area contributed by atoms with Gasteiger partial charge >= 0.3 is 0 Å². The van der Waals surface area contributed by atoms with E-state index >= 15 is 0 Å². The normalized spacial score (nSPS) is 11.2. The van der Waals surface area contributed by atoms with Crippen LogP contribution in [0, 0.1) is 6.92 Å². The van der Waals surface area contributed by atoms with Crippen molar-refractivity contribution in [1.29, 1.82) is 0 Å². The molecule has 0 aliphatic carbocycles. The fourth-order valence-corrected chi connectivity index (χ4v) is 2.68. The Hall–Kier alpha value is -1.79. The van der Waals surface area contributed by atoms with Crippen LogP contribution < -0.4 is 5.32 Å². The van der Waals surface area contributed by atoms with Gasteiger partial charge in [0.05, 0.1) is 0 Å². The Morgan fingerprint density at radius 1 is 1.32 bits per heavy atom. The molecule has 0 spiro atoms. The lowest BCUT2D eigenvalue weighted by molar-refractivity contribution is 0.664. The molecular formula is C13H15N5S. The number of aryl methyl sites for hydroxylation is 1. The lowest BCUT2D eigenvalue weighted by Gasteiger charge is -2.01. The molecule has 0 aliphatic heterocycles. The van der Waals surface area contributed by atoms with Gasteiger partial charge in [0.1, 0.15) is 10.8 Å². The maximum atomic E-state index is 4.42. The van der Waals surface area contributed by atoms with Crippen LogP contribution in [0.3, 0.4) is 0 Å². The van der Waals surface area contributed by atoms with Crippen LogP contribution in [-0.4, -0.2) is 26.1 Å². The zero-order chi connectivity index (χ0) is 13.1. The quantitative estimate of drug-likeness (QED) is 0.721. The SMILES string of the molecule is Cc1csc(CNCCc2nnc3ccccn23)n1. The average Bonchev–Trinajstić information content (AvgIpc) is 3.02. The summed E-state index contributed by atoms with van der Waals surface area (Å²) in [6.07, 6.45) is 2.85. The van der Waals surface area contributed by atoms with E-state index in [0.29, 0.717) is 0 Å². The maximum absolute atomic E-state index is 4.42. The van der Waals surface area contributed by atoms with Gasteiger partial charge in [-0.25, -0.2) is 4.98 Å². The van der Waals surface area contributed by atoms with E-state index in [-0.39, 0.29) is 0 Å². The number of nitrogens with one attached hydrogen (secondary N) is 1. The van der Waals surface area contributed by atoms with Crippen molar-refractivity contribution in [1.82, 2.24) is 24.9 Å². The number of fused-ring (bicyclic) bond motifs is 1. The summed E-state index contributed by atoms with van der Waals surface area (Å²) in [4.78, 5) is 4.42. The van der Waals surface area contributed by atoms with E-state index in [0.717, 1.165) is 41.7 Å². The van der Waals surface area contributed by atoms with E-state index in [1.165, 1.54) is 0 Å². The first-order valence-corrected chi connectivity index (χ1v) is 7.11. The second kappa shape index (κ2) is 5.46. The standard InChI is InChI=1S/C13H15N5S/c1-10-9-19-13(15-10)8-14-6-5-12-17-16-11-4-2-3-7-18(11)12/h2-4,7,9,14H,5-6,8H2,1H3. The predicted octanol–water partition coefficient (Wildman–Crippen LogP) is 1.83. The molecule has 1 N–H and O–H groups in total. The van der Waals surface area contributed by atoms with Crippen LogP contribution in [0.15, 0.2) is 29.8 Å². The summed E-state index contributed by atoms with van der Waals surface area (Å²) in [5.41, 5.74) is 1.98. The fraction of sp³-hybridized carbons (Fsp3) is 0.308. The molecule has 0 atom stereocenters. The summed E-state index contributed by atoms with van der Waals surface area (Å²) >= 11 is 1.69. The van der Waals surface area contributed by atoms with Gasteiger partial charge in [-0.05, 0) is 19.1 Å². The summed E-state index contributed by atoms with van der Waals surface area (Å²) in [5, 5.41) is 14.9. The Kier molecular flexibility index (Phi) is 3.52. The molecule has 0 aliphatic rings. The fourth-order valence-electron chi connectivity index (χ4n) is 1.94. The molecule has 98 valence electrons. The molecule has 0 bridgehead atoms. The molecule has 0 radical (unpaired) electrons. The van der Waals surface area contributed by atoms with Crippen molar-refractivity contribution in [3.05, 3.63) is 46.3 Å². The minimum atomic E-state index is 0.815. The highest BCUT2D eigenvalue weighted by molar-refractivity contribution is 7.09. The third-order valence-corrected chi connectivity index (χ3v) is 3.82. The molecule has 3 heterocycles. The van der Waals surface area contributed by atoms with Crippen LogP contribution in [0.25, 0.3) is 5.65 Å². The second-order valence-electron chi connectivity index (χ2n) is 4.35. The highest BCUT2D eigenvalue weighted by atomic mass is 32.1. The lowest BCUT2D eigenvalue weighted by Crippen LogP contribution is -2.17. The molecule has 0 saturated heterocycles. The van der Waals surface area contributed by atoms with Crippen LogP contribution in [0.2, 0.25) is 0 Å². The smallest absolute Gasteiger partial charge is 0.160 e. The van der Waals surface area contributed by atoms with E-state index in [4.69, 9.17) is 0 Å². The van der Waals surface area contributed by atoms with Gasteiger partial charge in [-0.2, -0.15) is 0 Å². The van der Waals surface area contributed by atoms with Crippen molar-refractivity contribution in [2.45, 2.75) is 19.9 Å². The van der Waals surface area contributed by atoms with Crippen LogP contribution in [0.5, 0.6) is 0 Å². The number of pyridine rings is 1. The zero-order valence-electron chi connectivity index (χ0n) is 10.7. The maximum Gasteiger partial charge on any atom is 0.160 e. The summed E-state index contributed by atoms with van der Waals surface area (Å²) in [5.74, 6) is 0.985. The van der Waals surface area contributed by atoms with Crippen LogP contribution >= 0.6 is 11.3 Å². The molecule has 0 fully saturated rings. The Bertz CT molecular complexity index is 672. The average molecular weight is 273 g/mol. The van der Waals surface area contributed by atoms with Crippen LogP contribution in [0.4, 0.5) is 0 Å². The molecule has 19 heavy (non-hydrogen) atoms. The van der Waals surface area contributed by atoms with Gasteiger partial charge in [0.25, 0.3) is 0 Å². The first kappa shape index (κ1) is 12.3. The van der Waals surface area contributed by atoms with Crippen LogP contribution in [0.1, 0.15) is 16.5 Å². The van der Waals surface area contributed by atoms with Crippen molar-refractivity contribution >= 4 is 17.0 Å². The second-order valence-corrected chi connectivity index (χ2v) is 5.30. The molecule has 3 aromatic heterocycles. The van der Waals surface area contributed by atoms with Crippen molar-refractivity contribution < 1.29 is 0 Å². The Balaban J connectivity index is 1.55. The van der Waals surface area contributed by atoms with Crippen molar-refractivity contribution in [2.75, 3.05) is 6.54 Å². The minimum Gasteiger partial charge on any atom is -0.310 e. The van der Waals surface area contributed by atoms with Crippen LogP contribution in [-0.2, 0) is 13.0 Å². The van der Waals surface area contributed by atoms with E-state index in [2.05, 4.69) is 25.9 Å². The predicted molar refractivity (Wildman–Crippen MR) is 75.2 cm³/mol. The molecule has 0 amide bonds. The van der Waals surface area contributed by atoms with Crippen molar-refractivity contribution in [3.8, 4) is 0 Å². The van der Waals surface area contributed by atoms with Crippen molar-refractivity contribution in [2.24, 2.45) is 0 Å². The number of nitrogens with zero attached hydrogens (tertiary/aromatic N) is 4. The minimum absolute atomic E-state index is 0.815. The number of thiazole rings is 1. The monoisotopic (exact) mass is 273 g/mol. The highest BCUT2D eigenvalue weighted by Crippen LogP contribution is 2.08. The topological polar surface area (TPSA) is 55.1 Å². The molecule has 5 nitrogen and oxygen atoms in total. The van der Waals surface area contributed by atoms with Gasteiger partial charge < -0.3 is 5.32 Å². The van der Waals surface area contributed by atoms with E-state index in [1.807, 2.05) is 35.7 Å². The van der Waals surface area contributed by atoms with E-state index in [9.17, 15) is 0 Å². The van der Waals surface area contributed by atoms with Gasteiger partial charge in [0.15, 0.2) is 5.65 Å². The van der Waals surface area contributed by atoms with Gasteiger partial charge in [-0.15, -0.1) is 21.5 Å². The number of hydrogen-bond donors (Lipinski definition) is 1. The summed E-state index contributed by atoms with van der Waals surface area (Å²) in [6, 6.07) is 5.92. The third-order valence-electron chi connectivity index (χ3n) is 2.85. The lowest BCUT2D eigenvalue weighted by atomic mass is 10.4. The first-order valence-electron chi connectivity index (χ1n) is 6.23. The third kappa shape index (κ3) is 2.80. The van der Waals surface area contributed by atoms with Gasteiger partial charge in [-0.3, -0.25) is 4.40 Å². The number of aromatic nitrogens is 4. The first-order chi connectivity index (χ1) is 9.33. The Morgan fingerprint density at radius 2 is 2.26 bits per heavy atom. The zero-order valence-corrected chi connectivity index (χ0v) is 11.5. The molecule has 3 aromatic rings. The number of hydrogen-bond acceptors (Lipinski definition) is 5. The highest BCUT2D eigenvalue weighted by Gasteiger charge is 2.04. The summed E-state index contributed by atoms with van der Waals surface area (Å²) < 4.78 is 2.02.